The number of aromatic nitrogens is 5. The molecule has 3 aromatic rings. The highest BCUT2D eigenvalue weighted by atomic mass is 16.2. The van der Waals surface area contributed by atoms with Crippen LogP contribution in [0, 0.1) is 5.92 Å². The maximum atomic E-state index is 13.3. The number of fused-ring (bicyclic) bond motifs is 1. The fourth-order valence-corrected chi connectivity index (χ4v) is 3.62. The lowest BCUT2D eigenvalue weighted by Gasteiger charge is -2.29. The van der Waals surface area contributed by atoms with Crippen LogP contribution in [0.3, 0.4) is 0 Å². The lowest BCUT2D eigenvalue weighted by molar-refractivity contribution is 0.0979. The first-order chi connectivity index (χ1) is 12.7. The summed E-state index contributed by atoms with van der Waals surface area (Å²) in [5, 5.41) is 8.03. The van der Waals surface area contributed by atoms with Gasteiger partial charge in [0, 0.05) is 26.0 Å². The maximum absolute atomic E-state index is 13.3. The van der Waals surface area contributed by atoms with Gasteiger partial charge in [-0.15, -0.1) is 5.10 Å². The molecule has 4 rings (SSSR count). The zero-order valence-electron chi connectivity index (χ0n) is 14.9. The van der Waals surface area contributed by atoms with E-state index in [0.717, 1.165) is 12.8 Å². The molecule has 134 valence electrons. The van der Waals surface area contributed by atoms with Crippen molar-refractivity contribution in [2.24, 2.45) is 13.0 Å². The lowest BCUT2D eigenvalue weighted by Crippen LogP contribution is -2.36. The van der Waals surface area contributed by atoms with Gasteiger partial charge in [-0.3, -0.25) is 9.69 Å². The van der Waals surface area contributed by atoms with Crippen molar-refractivity contribution in [2.45, 2.75) is 32.1 Å². The van der Waals surface area contributed by atoms with Crippen molar-refractivity contribution >= 4 is 22.9 Å². The molecule has 0 N–H and O–H groups in total. The van der Waals surface area contributed by atoms with E-state index < -0.39 is 0 Å². The third kappa shape index (κ3) is 3.29. The molecule has 0 bridgehead atoms. The Bertz CT molecular complexity index is 901. The normalized spacial score (nSPS) is 15.3. The summed E-state index contributed by atoms with van der Waals surface area (Å²) in [6.45, 7) is 0.689. The highest BCUT2D eigenvalue weighted by Crippen LogP contribution is 2.27. The summed E-state index contributed by atoms with van der Waals surface area (Å²) >= 11 is 0. The third-order valence-electron chi connectivity index (χ3n) is 5.02. The Morgan fingerprint density at radius 3 is 2.85 bits per heavy atom. The van der Waals surface area contributed by atoms with Gasteiger partial charge >= 0.3 is 0 Å². The van der Waals surface area contributed by atoms with Crippen molar-refractivity contribution in [3.05, 3.63) is 42.2 Å². The molecular formula is C19H22N6O. The molecule has 1 fully saturated rings. The van der Waals surface area contributed by atoms with E-state index >= 15 is 0 Å². The van der Waals surface area contributed by atoms with Gasteiger partial charge in [0.05, 0.1) is 5.56 Å². The molecule has 1 saturated carbocycles. The fraction of sp³-hybridized carbons (Fsp3) is 0.421. The zero-order chi connectivity index (χ0) is 17.9. The molecule has 7 nitrogen and oxygen atoms in total. The van der Waals surface area contributed by atoms with Crippen molar-refractivity contribution in [1.29, 1.82) is 0 Å². The van der Waals surface area contributed by atoms with Gasteiger partial charge in [0.2, 0.25) is 0 Å². The Morgan fingerprint density at radius 1 is 1.23 bits per heavy atom. The molecule has 26 heavy (non-hydrogen) atoms. The SMILES string of the molecule is Cn1nnc2cc(C(=O)N(CC3CCCCC3)c3ccccn3)cnc21. The molecule has 3 aromatic heterocycles. The van der Waals surface area contributed by atoms with E-state index in [-0.39, 0.29) is 5.91 Å². The molecule has 1 aliphatic rings. The summed E-state index contributed by atoms with van der Waals surface area (Å²) in [6, 6.07) is 7.41. The van der Waals surface area contributed by atoms with E-state index in [1.807, 2.05) is 18.2 Å². The predicted octanol–water partition coefficient (Wildman–Crippen LogP) is 2.99. The minimum absolute atomic E-state index is 0.0886. The van der Waals surface area contributed by atoms with E-state index in [1.165, 1.54) is 19.3 Å². The van der Waals surface area contributed by atoms with E-state index in [9.17, 15) is 4.79 Å². The molecule has 7 heteroatoms. The van der Waals surface area contributed by atoms with Gasteiger partial charge in [0.25, 0.3) is 5.91 Å². The van der Waals surface area contributed by atoms with Crippen LogP contribution in [-0.2, 0) is 7.05 Å². The van der Waals surface area contributed by atoms with Crippen LogP contribution in [0.5, 0.6) is 0 Å². The first-order valence-corrected chi connectivity index (χ1v) is 9.11. The summed E-state index contributed by atoms with van der Waals surface area (Å²) in [7, 11) is 1.78. The van der Waals surface area contributed by atoms with Crippen molar-refractivity contribution in [3.63, 3.8) is 0 Å². The molecule has 0 spiro atoms. The summed E-state index contributed by atoms with van der Waals surface area (Å²) < 4.78 is 1.60. The fourth-order valence-electron chi connectivity index (χ4n) is 3.62. The monoisotopic (exact) mass is 350 g/mol. The van der Waals surface area contributed by atoms with Gasteiger partial charge in [-0.1, -0.05) is 30.5 Å². The second-order valence-corrected chi connectivity index (χ2v) is 6.89. The Balaban J connectivity index is 1.65. The average Bonchev–Trinajstić information content (AvgIpc) is 3.07. The highest BCUT2D eigenvalue weighted by molar-refractivity contribution is 6.06. The van der Waals surface area contributed by atoms with Gasteiger partial charge in [0.15, 0.2) is 5.65 Å². The number of pyridine rings is 2. The number of anilines is 1. The van der Waals surface area contributed by atoms with Gasteiger partial charge in [-0.25, -0.2) is 14.6 Å². The van der Waals surface area contributed by atoms with Crippen molar-refractivity contribution in [2.75, 3.05) is 11.4 Å². The number of carbonyl (C=O) groups excluding carboxylic acids is 1. The molecular weight excluding hydrogens is 328 g/mol. The lowest BCUT2D eigenvalue weighted by atomic mass is 9.89. The molecule has 0 aliphatic heterocycles. The van der Waals surface area contributed by atoms with Crippen LogP contribution in [0.25, 0.3) is 11.2 Å². The Morgan fingerprint density at radius 2 is 2.08 bits per heavy atom. The Kier molecular flexibility index (Phi) is 4.60. The van der Waals surface area contributed by atoms with Crippen molar-refractivity contribution in [1.82, 2.24) is 25.0 Å². The number of nitrogens with zero attached hydrogens (tertiary/aromatic N) is 6. The van der Waals surface area contributed by atoms with Gasteiger partial charge in [-0.2, -0.15) is 0 Å². The topological polar surface area (TPSA) is 76.8 Å². The van der Waals surface area contributed by atoms with Crippen molar-refractivity contribution < 1.29 is 4.79 Å². The van der Waals surface area contributed by atoms with Crippen LogP contribution < -0.4 is 4.90 Å². The van der Waals surface area contributed by atoms with E-state index in [2.05, 4.69) is 20.3 Å². The smallest absolute Gasteiger partial charge is 0.261 e. The molecule has 0 radical (unpaired) electrons. The van der Waals surface area contributed by atoms with Crippen LogP contribution in [0.2, 0.25) is 0 Å². The number of amides is 1. The first kappa shape index (κ1) is 16.6. The maximum Gasteiger partial charge on any atom is 0.261 e. The molecule has 0 saturated heterocycles. The first-order valence-electron chi connectivity index (χ1n) is 9.11. The minimum Gasteiger partial charge on any atom is -0.292 e. The quantitative estimate of drug-likeness (QED) is 0.723. The number of rotatable bonds is 4. The average molecular weight is 350 g/mol. The number of carbonyl (C=O) groups is 1. The summed E-state index contributed by atoms with van der Waals surface area (Å²) in [5.74, 6) is 1.11. The number of hydrogen-bond donors (Lipinski definition) is 0. The standard InChI is InChI=1S/C19H22N6O/c1-24-18-16(22-23-24)11-15(12-21-18)19(26)25(17-9-5-6-10-20-17)13-14-7-3-2-4-8-14/h5-6,9-12,14H,2-4,7-8,13H2,1H3. The summed E-state index contributed by atoms with van der Waals surface area (Å²) in [5.41, 5.74) is 1.80. The van der Waals surface area contributed by atoms with Crippen LogP contribution >= 0.6 is 0 Å². The third-order valence-corrected chi connectivity index (χ3v) is 5.02. The molecule has 1 amide bonds. The molecule has 3 heterocycles. The van der Waals surface area contributed by atoms with E-state index in [4.69, 9.17) is 0 Å². The molecule has 0 atom stereocenters. The Labute approximate surface area is 152 Å². The van der Waals surface area contributed by atoms with Crippen molar-refractivity contribution in [3.8, 4) is 0 Å². The second-order valence-electron chi connectivity index (χ2n) is 6.89. The predicted molar refractivity (Wildman–Crippen MR) is 98.8 cm³/mol. The summed E-state index contributed by atoms with van der Waals surface area (Å²) in [4.78, 5) is 23.8. The van der Waals surface area contributed by atoms with Crippen LogP contribution in [0.15, 0.2) is 36.7 Å². The highest BCUT2D eigenvalue weighted by Gasteiger charge is 2.24. The number of aryl methyl sites for hydroxylation is 1. The van der Waals surface area contributed by atoms with E-state index in [0.29, 0.717) is 35.0 Å². The largest absolute Gasteiger partial charge is 0.292 e. The number of hydrogen-bond acceptors (Lipinski definition) is 5. The van der Waals surface area contributed by atoms with Gasteiger partial charge in [0.1, 0.15) is 11.3 Å². The minimum atomic E-state index is -0.0886. The zero-order valence-corrected chi connectivity index (χ0v) is 14.9. The molecule has 0 unspecified atom stereocenters. The molecule has 0 aromatic carbocycles. The van der Waals surface area contributed by atoms with E-state index in [1.54, 1.807) is 35.1 Å². The van der Waals surface area contributed by atoms with Crippen LogP contribution in [0.4, 0.5) is 5.82 Å². The van der Waals surface area contributed by atoms with Gasteiger partial charge < -0.3 is 0 Å². The van der Waals surface area contributed by atoms with Crippen LogP contribution in [-0.4, -0.2) is 37.4 Å². The Hall–Kier alpha value is -2.83. The van der Waals surface area contributed by atoms with Gasteiger partial charge in [-0.05, 0) is 37.0 Å². The summed E-state index contributed by atoms with van der Waals surface area (Å²) in [6.07, 6.45) is 9.42. The molecule has 1 aliphatic carbocycles. The second kappa shape index (κ2) is 7.19. The van der Waals surface area contributed by atoms with Crippen LogP contribution in [0.1, 0.15) is 42.5 Å².